The van der Waals surface area contributed by atoms with Gasteiger partial charge >= 0.3 is 0 Å². The summed E-state index contributed by atoms with van der Waals surface area (Å²) in [5.74, 6) is 0.636. The molecule has 1 saturated heterocycles. The minimum absolute atomic E-state index is 0.0330. The molecule has 1 amide bonds. The number of rotatable bonds is 7. The van der Waals surface area contributed by atoms with Crippen LogP contribution in [0.25, 0.3) is 0 Å². The number of amides is 1. The van der Waals surface area contributed by atoms with Gasteiger partial charge < -0.3 is 14.4 Å². The van der Waals surface area contributed by atoms with Gasteiger partial charge in [-0.2, -0.15) is 0 Å². The predicted octanol–water partition coefficient (Wildman–Crippen LogP) is 2.01. The Balaban J connectivity index is 1.45. The zero-order valence-electron chi connectivity index (χ0n) is 14.4. The molecule has 0 aliphatic carbocycles. The van der Waals surface area contributed by atoms with Crippen LogP contribution >= 0.6 is 11.3 Å². The van der Waals surface area contributed by atoms with Crippen LogP contribution in [0.1, 0.15) is 10.7 Å². The third-order valence-electron chi connectivity index (χ3n) is 3.99. The first-order valence-corrected chi connectivity index (χ1v) is 9.24. The third kappa shape index (κ3) is 5.52. The molecule has 0 saturated carbocycles. The smallest absolute Gasteiger partial charge is 0.260 e. The summed E-state index contributed by atoms with van der Waals surface area (Å²) in [7, 11) is 1.78. The molecule has 0 spiro atoms. The lowest BCUT2D eigenvalue weighted by molar-refractivity contribution is -0.132. The number of benzene rings is 1. The zero-order chi connectivity index (χ0) is 17.5. The van der Waals surface area contributed by atoms with Gasteiger partial charge in [0, 0.05) is 25.5 Å². The average molecular weight is 361 g/mol. The van der Waals surface area contributed by atoms with E-state index in [1.165, 1.54) is 0 Å². The summed E-state index contributed by atoms with van der Waals surface area (Å²) in [5, 5.41) is 3.11. The number of ether oxygens (including phenoxy) is 2. The van der Waals surface area contributed by atoms with E-state index in [0.29, 0.717) is 12.3 Å². The Labute approximate surface area is 152 Å². The molecule has 25 heavy (non-hydrogen) atoms. The summed E-state index contributed by atoms with van der Waals surface area (Å²) in [6.07, 6.45) is 0. The fourth-order valence-corrected chi connectivity index (χ4v) is 3.37. The quantitative estimate of drug-likeness (QED) is 0.755. The zero-order valence-corrected chi connectivity index (χ0v) is 15.2. The molecule has 0 bridgehead atoms. The van der Waals surface area contributed by atoms with E-state index >= 15 is 0 Å². The number of hydrogen-bond donors (Lipinski definition) is 0. The van der Waals surface area contributed by atoms with Gasteiger partial charge in [-0.3, -0.25) is 9.69 Å². The van der Waals surface area contributed by atoms with Gasteiger partial charge in [0.05, 0.1) is 32.0 Å². The number of aromatic nitrogens is 1. The first-order valence-electron chi connectivity index (χ1n) is 8.36. The molecule has 0 N–H and O–H groups in total. The summed E-state index contributed by atoms with van der Waals surface area (Å²) in [4.78, 5) is 20.8. The fraction of sp³-hybridized carbons (Fsp3) is 0.444. The number of thiazole rings is 1. The van der Waals surface area contributed by atoms with Crippen molar-refractivity contribution in [3.05, 3.63) is 46.4 Å². The van der Waals surface area contributed by atoms with E-state index in [2.05, 4.69) is 9.88 Å². The Morgan fingerprint density at radius 3 is 2.84 bits per heavy atom. The third-order valence-corrected chi connectivity index (χ3v) is 4.87. The molecule has 1 fully saturated rings. The minimum atomic E-state index is -0.0633. The van der Waals surface area contributed by atoms with E-state index in [1.54, 1.807) is 23.3 Å². The number of para-hydroxylation sites is 1. The van der Waals surface area contributed by atoms with Gasteiger partial charge in [0.15, 0.2) is 6.61 Å². The maximum Gasteiger partial charge on any atom is 0.260 e. The number of carbonyl (C=O) groups excluding carboxylic acids is 1. The largest absolute Gasteiger partial charge is 0.484 e. The van der Waals surface area contributed by atoms with Gasteiger partial charge in [-0.25, -0.2) is 4.98 Å². The lowest BCUT2D eigenvalue weighted by atomic mass is 10.3. The topological polar surface area (TPSA) is 54.9 Å². The van der Waals surface area contributed by atoms with Crippen LogP contribution in [-0.2, 0) is 22.6 Å². The van der Waals surface area contributed by atoms with E-state index in [1.807, 2.05) is 35.7 Å². The Hall–Kier alpha value is -1.96. The molecule has 7 heteroatoms. The van der Waals surface area contributed by atoms with E-state index in [4.69, 9.17) is 9.47 Å². The second-order valence-electron chi connectivity index (χ2n) is 5.97. The van der Waals surface area contributed by atoms with Gasteiger partial charge in [-0.15, -0.1) is 11.3 Å². The Morgan fingerprint density at radius 1 is 1.32 bits per heavy atom. The Kier molecular flexibility index (Phi) is 6.38. The predicted molar refractivity (Wildman–Crippen MR) is 96.6 cm³/mol. The molecule has 1 aromatic carbocycles. The van der Waals surface area contributed by atoms with Crippen LogP contribution in [0.15, 0.2) is 35.7 Å². The number of likely N-dealkylation sites (N-methyl/N-ethyl adjacent to an activating group) is 1. The highest BCUT2D eigenvalue weighted by Gasteiger charge is 2.15. The van der Waals surface area contributed by atoms with Crippen molar-refractivity contribution in [2.75, 3.05) is 40.0 Å². The first-order chi connectivity index (χ1) is 12.2. The average Bonchev–Trinajstić information content (AvgIpc) is 3.08. The van der Waals surface area contributed by atoms with E-state index in [9.17, 15) is 4.79 Å². The van der Waals surface area contributed by atoms with Crippen LogP contribution in [0, 0.1) is 0 Å². The summed E-state index contributed by atoms with van der Waals surface area (Å²) in [6, 6.07) is 9.36. The van der Waals surface area contributed by atoms with Crippen molar-refractivity contribution >= 4 is 17.2 Å². The van der Waals surface area contributed by atoms with Crippen molar-refractivity contribution in [1.82, 2.24) is 14.8 Å². The van der Waals surface area contributed by atoms with Crippen LogP contribution in [-0.4, -0.2) is 60.6 Å². The van der Waals surface area contributed by atoms with Crippen LogP contribution < -0.4 is 4.74 Å². The van der Waals surface area contributed by atoms with Gasteiger partial charge in [-0.1, -0.05) is 18.2 Å². The summed E-state index contributed by atoms with van der Waals surface area (Å²) < 4.78 is 10.9. The van der Waals surface area contributed by atoms with Crippen molar-refractivity contribution < 1.29 is 14.3 Å². The Bertz CT molecular complexity index is 671. The van der Waals surface area contributed by atoms with E-state index < -0.39 is 0 Å². The van der Waals surface area contributed by atoms with E-state index in [-0.39, 0.29) is 12.5 Å². The second kappa shape index (κ2) is 8.94. The van der Waals surface area contributed by atoms with Gasteiger partial charge in [0.25, 0.3) is 5.91 Å². The van der Waals surface area contributed by atoms with Crippen molar-refractivity contribution in [2.45, 2.75) is 13.1 Å². The molecule has 2 heterocycles. The van der Waals surface area contributed by atoms with Crippen LogP contribution in [0.3, 0.4) is 0 Å². The first kappa shape index (κ1) is 17.8. The maximum absolute atomic E-state index is 12.2. The number of nitrogens with zero attached hydrogens (tertiary/aromatic N) is 3. The molecule has 134 valence electrons. The van der Waals surface area contributed by atoms with Gasteiger partial charge in [0.1, 0.15) is 10.8 Å². The lowest BCUT2D eigenvalue weighted by Gasteiger charge is -2.25. The molecular formula is C18H23N3O3S. The molecule has 0 radical (unpaired) electrons. The molecule has 6 nitrogen and oxygen atoms in total. The number of hydrogen-bond acceptors (Lipinski definition) is 6. The normalized spacial score (nSPS) is 15.1. The second-order valence-corrected chi connectivity index (χ2v) is 6.92. The SMILES string of the molecule is CN(Cc1csc(CN2CCOCC2)n1)C(=O)COc1ccccc1. The summed E-state index contributed by atoms with van der Waals surface area (Å²) in [6.45, 7) is 4.85. The van der Waals surface area contributed by atoms with Crippen molar-refractivity contribution in [1.29, 1.82) is 0 Å². The molecule has 3 rings (SSSR count). The standard InChI is InChI=1S/C18H23N3O3S/c1-20(18(22)13-24-16-5-3-2-4-6-16)11-15-14-25-17(19-15)12-21-7-9-23-10-8-21/h2-6,14H,7-13H2,1H3. The van der Waals surface area contributed by atoms with Crippen molar-refractivity contribution in [3.63, 3.8) is 0 Å². The Morgan fingerprint density at radius 2 is 2.08 bits per heavy atom. The van der Waals surface area contributed by atoms with Gasteiger partial charge in [0.2, 0.25) is 0 Å². The van der Waals surface area contributed by atoms with Gasteiger partial charge in [-0.05, 0) is 12.1 Å². The maximum atomic E-state index is 12.2. The minimum Gasteiger partial charge on any atom is -0.484 e. The van der Waals surface area contributed by atoms with Crippen molar-refractivity contribution in [2.24, 2.45) is 0 Å². The molecule has 0 unspecified atom stereocenters. The number of morpholine rings is 1. The number of carbonyl (C=O) groups is 1. The molecule has 1 aliphatic rings. The van der Waals surface area contributed by atoms with Crippen LogP contribution in [0.4, 0.5) is 0 Å². The molecule has 1 aromatic heterocycles. The summed E-state index contributed by atoms with van der Waals surface area (Å²) in [5.41, 5.74) is 0.920. The molecule has 1 aliphatic heterocycles. The molecule has 0 atom stereocenters. The fourth-order valence-electron chi connectivity index (χ4n) is 2.55. The molecule has 2 aromatic rings. The highest BCUT2D eigenvalue weighted by molar-refractivity contribution is 7.09. The van der Waals surface area contributed by atoms with Crippen molar-refractivity contribution in [3.8, 4) is 5.75 Å². The highest BCUT2D eigenvalue weighted by Crippen LogP contribution is 2.15. The van der Waals surface area contributed by atoms with E-state index in [0.717, 1.165) is 43.5 Å². The monoisotopic (exact) mass is 361 g/mol. The van der Waals surface area contributed by atoms with Crippen LogP contribution in [0.5, 0.6) is 5.75 Å². The highest BCUT2D eigenvalue weighted by atomic mass is 32.1. The summed E-state index contributed by atoms with van der Waals surface area (Å²) >= 11 is 1.64. The lowest BCUT2D eigenvalue weighted by Crippen LogP contribution is -2.35. The van der Waals surface area contributed by atoms with Crippen LogP contribution in [0.2, 0.25) is 0 Å². The molecular weight excluding hydrogens is 338 g/mol.